The van der Waals surface area contributed by atoms with Gasteiger partial charge in [-0.1, -0.05) is 32.6 Å². The molecule has 20 heavy (non-hydrogen) atoms. The topological polar surface area (TPSA) is 47.0 Å². The van der Waals surface area contributed by atoms with Gasteiger partial charge in [-0.2, -0.15) is 0 Å². The van der Waals surface area contributed by atoms with Gasteiger partial charge in [-0.15, -0.1) is 0 Å². The van der Waals surface area contributed by atoms with E-state index in [0.717, 1.165) is 31.7 Å². The van der Waals surface area contributed by atoms with Crippen molar-refractivity contribution in [1.82, 2.24) is 15.3 Å². The molecule has 0 saturated heterocycles. The molecule has 0 spiro atoms. The lowest BCUT2D eigenvalue weighted by molar-refractivity contribution is -0.0788. The zero-order chi connectivity index (χ0) is 14.3. The standard InChI is InChI=1S/C16H27N3O/c1-3-18-15(14-13-17-11-12-19-14)16(20-4-2)9-7-5-6-8-10-16/h11-13,15,18H,3-10H2,1-2H3. The smallest absolute Gasteiger partial charge is 0.0892 e. The first-order valence-electron chi connectivity index (χ1n) is 7.95. The SMILES string of the molecule is CCNC(c1cnccn1)C1(OCC)CCCCCC1. The predicted molar refractivity (Wildman–Crippen MR) is 80.5 cm³/mol. The number of rotatable bonds is 6. The van der Waals surface area contributed by atoms with Crippen LogP contribution in [-0.2, 0) is 4.74 Å². The largest absolute Gasteiger partial charge is 0.373 e. The Bertz CT molecular complexity index is 375. The van der Waals surface area contributed by atoms with E-state index in [2.05, 4.69) is 29.1 Å². The number of hydrogen-bond donors (Lipinski definition) is 1. The maximum Gasteiger partial charge on any atom is 0.0892 e. The van der Waals surface area contributed by atoms with Crippen molar-refractivity contribution in [2.45, 2.75) is 64.0 Å². The Morgan fingerprint density at radius 2 is 1.95 bits per heavy atom. The molecule has 112 valence electrons. The number of likely N-dealkylation sites (N-methyl/N-ethyl adjacent to an activating group) is 1. The van der Waals surface area contributed by atoms with Crippen molar-refractivity contribution in [1.29, 1.82) is 0 Å². The van der Waals surface area contributed by atoms with Gasteiger partial charge in [0.15, 0.2) is 0 Å². The van der Waals surface area contributed by atoms with E-state index in [1.165, 1.54) is 25.7 Å². The number of aromatic nitrogens is 2. The molecule has 1 aliphatic rings. The minimum atomic E-state index is -0.128. The average molecular weight is 277 g/mol. The van der Waals surface area contributed by atoms with Crippen LogP contribution in [-0.4, -0.2) is 28.7 Å². The number of hydrogen-bond acceptors (Lipinski definition) is 4. The first-order valence-corrected chi connectivity index (χ1v) is 7.95. The van der Waals surface area contributed by atoms with Gasteiger partial charge in [0, 0.05) is 19.0 Å². The summed E-state index contributed by atoms with van der Waals surface area (Å²) in [6, 6.07) is 0.138. The third-order valence-corrected chi connectivity index (χ3v) is 4.19. The van der Waals surface area contributed by atoms with E-state index in [9.17, 15) is 0 Å². The Morgan fingerprint density at radius 3 is 2.50 bits per heavy atom. The molecule has 1 aromatic rings. The zero-order valence-corrected chi connectivity index (χ0v) is 12.8. The van der Waals surface area contributed by atoms with Crippen molar-refractivity contribution >= 4 is 0 Å². The van der Waals surface area contributed by atoms with E-state index in [1.54, 1.807) is 12.4 Å². The summed E-state index contributed by atoms with van der Waals surface area (Å²) in [6.07, 6.45) is 12.7. The summed E-state index contributed by atoms with van der Waals surface area (Å²) in [7, 11) is 0. The summed E-state index contributed by atoms with van der Waals surface area (Å²) in [4.78, 5) is 8.77. The van der Waals surface area contributed by atoms with Gasteiger partial charge >= 0.3 is 0 Å². The molecular weight excluding hydrogens is 250 g/mol. The van der Waals surface area contributed by atoms with Gasteiger partial charge in [0.2, 0.25) is 0 Å². The molecule has 0 bridgehead atoms. The maximum atomic E-state index is 6.29. The van der Waals surface area contributed by atoms with Crippen molar-refractivity contribution in [3.8, 4) is 0 Å². The van der Waals surface area contributed by atoms with Gasteiger partial charge < -0.3 is 10.1 Å². The molecule has 1 saturated carbocycles. The van der Waals surface area contributed by atoms with Crippen molar-refractivity contribution in [2.24, 2.45) is 0 Å². The Labute approximate surface area is 122 Å². The van der Waals surface area contributed by atoms with Crippen LogP contribution in [0.2, 0.25) is 0 Å². The lowest BCUT2D eigenvalue weighted by Gasteiger charge is -2.40. The Balaban J connectivity index is 2.30. The highest BCUT2D eigenvalue weighted by atomic mass is 16.5. The molecule has 1 unspecified atom stereocenters. The van der Waals surface area contributed by atoms with Crippen LogP contribution in [0.15, 0.2) is 18.6 Å². The van der Waals surface area contributed by atoms with E-state index in [1.807, 2.05) is 6.20 Å². The summed E-state index contributed by atoms with van der Waals surface area (Å²) >= 11 is 0. The highest BCUT2D eigenvalue weighted by Crippen LogP contribution is 2.39. The molecule has 0 radical (unpaired) electrons. The minimum Gasteiger partial charge on any atom is -0.373 e. The van der Waals surface area contributed by atoms with E-state index < -0.39 is 0 Å². The third-order valence-electron chi connectivity index (χ3n) is 4.19. The van der Waals surface area contributed by atoms with Gasteiger partial charge in [-0.05, 0) is 26.3 Å². The second kappa shape index (κ2) is 7.70. The maximum absolute atomic E-state index is 6.29. The van der Waals surface area contributed by atoms with Gasteiger partial charge in [0.1, 0.15) is 0 Å². The van der Waals surface area contributed by atoms with Crippen LogP contribution in [0.1, 0.15) is 64.1 Å². The van der Waals surface area contributed by atoms with Crippen molar-refractivity contribution < 1.29 is 4.74 Å². The molecule has 0 aliphatic heterocycles. The quantitative estimate of drug-likeness (QED) is 0.811. The molecule has 0 amide bonds. The van der Waals surface area contributed by atoms with E-state index in [4.69, 9.17) is 4.74 Å². The average Bonchev–Trinajstić information content (AvgIpc) is 2.72. The van der Waals surface area contributed by atoms with E-state index in [0.29, 0.717) is 0 Å². The first-order chi connectivity index (χ1) is 9.82. The Hall–Kier alpha value is -1.00. The Morgan fingerprint density at radius 1 is 1.20 bits per heavy atom. The highest BCUT2D eigenvalue weighted by molar-refractivity contribution is 5.11. The van der Waals surface area contributed by atoms with Gasteiger partial charge in [0.25, 0.3) is 0 Å². The molecule has 1 fully saturated rings. The number of ether oxygens (including phenoxy) is 1. The lowest BCUT2D eigenvalue weighted by Crippen LogP contribution is -2.46. The van der Waals surface area contributed by atoms with Gasteiger partial charge in [-0.3, -0.25) is 9.97 Å². The van der Waals surface area contributed by atoms with Crippen LogP contribution < -0.4 is 5.32 Å². The molecule has 2 rings (SSSR count). The van der Waals surface area contributed by atoms with Crippen molar-refractivity contribution in [3.63, 3.8) is 0 Å². The second-order valence-electron chi connectivity index (χ2n) is 5.53. The van der Waals surface area contributed by atoms with Crippen molar-refractivity contribution in [3.05, 3.63) is 24.3 Å². The molecule has 4 heteroatoms. The molecule has 1 N–H and O–H groups in total. The van der Waals surface area contributed by atoms with Crippen LogP contribution in [0, 0.1) is 0 Å². The molecular formula is C16H27N3O. The second-order valence-corrected chi connectivity index (χ2v) is 5.53. The third kappa shape index (κ3) is 3.55. The van der Waals surface area contributed by atoms with Crippen LogP contribution in [0.4, 0.5) is 0 Å². The Kier molecular flexibility index (Phi) is 5.92. The van der Waals surface area contributed by atoms with Gasteiger partial charge in [0.05, 0.1) is 23.5 Å². The molecule has 1 aromatic heterocycles. The molecule has 4 nitrogen and oxygen atoms in total. The highest BCUT2D eigenvalue weighted by Gasteiger charge is 2.41. The van der Waals surface area contributed by atoms with E-state index >= 15 is 0 Å². The van der Waals surface area contributed by atoms with Crippen LogP contribution in [0.3, 0.4) is 0 Å². The lowest BCUT2D eigenvalue weighted by atomic mass is 9.84. The van der Waals surface area contributed by atoms with Crippen LogP contribution in [0.5, 0.6) is 0 Å². The fourth-order valence-electron chi connectivity index (χ4n) is 3.35. The van der Waals surface area contributed by atoms with Crippen molar-refractivity contribution in [2.75, 3.05) is 13.2 Å². The number of nitrogens with one attached hydrogen (secondary N) is 1. The number of nitrogens with zero attached hydrogens (tertiary/aromatic N) is 2. The van der Waals surface area contributed by atoms with Crippen LogP contribution >= 0.6 is 0 Å². The fourth-order valence-corrected chi connectivity index (χ4v) is 3.35. The minimum absolute atomic E-state index is 0.128. The molecule has 1 aliphatic carbocycles. The monoisotopic (exact) mass is 277 g/mol. The fraction of sp³-hybridized carbons (Fsp3) is 0.750. The van der Waals surface area contributed by atoms with Gasteiger partial charge in [-0.25, -0.2) is 0 Å². The molecule has 1 heterocycles. The summed E-state index contributed by atoms with van der Waals surface area (Å²) in [5, 5.41) is 3.59. The summed E-state index contributed by atoms with van der Waals surface area (Å²) < 4.78 is 6.29. The normalized spacial score (nSPS) is 20.3. The summed E-state index contributed by atoms with van der Waals surface area (Å²) in [5.74, 6) is 0. The predicted octanol–water partition coefficient (Wildman–Crippen LogP) is 3.26. The summed E-state index contributed by atoms with van der Waals surface area (Å²) in [5.41, 5.74) is 0.877. The molecule has 1 atom stereocenters. The zero-order valence-electron chi connectivity index (χ0n) is 12.8. The summed E-state index contributed by atoms with van der Waals surface area (Å²) in [6.45, 7) is 5.89. The first kappa shape index (κ1) is 15.4. The molecule has 0 aromatic carbocycles. The van der Waals surface area contributed by atoms with E-state index in [-0.39, 0.29) is 11.6 Å². The van der Waals surface area contributed by atoms with Crippen LogP contribution in [0.25, 0.3) is 0 Å².